The van der Waals surface area contributed by atoms with Gasteiger partial charge in [-0.1, -0.05) is 42.5 Å². The van der Waals surface area contributed by atoms with Gasteiger partial charge in [-0.05, 0) is 71.8 Å². The molecule has 2 heterocycles. The number of nitrogens with one attached hydrogen (secondary N) is 1. The molecular formula is C37H36F3N3O5. The second kappa shape index (κ2) is 14.4. The SMILES string of the molecule is COc1cc(/C=C/c2cccc(-c3cccc(NC(=O)c4cc(OC)c(CN5CC[C@@H](O)C5)cn4)c3C)c2C)c(C(F)(F)F)cc1C=O. The average molecular weight is 660 g/mol. The Morgan fingerprint density at radius 1 is 0.979 bits per heavy atom. The van der Waals surface area contributed by atoms with E-state index >= 15 is 0 Å². The van der Waals surface area contributed by atoms with Crippen molar-refractivity contribution < 1.29 is 37.3 Å². The summed E-state index contributed by atoms with van der Waals surface area (Å²) in [7, 11) is 2.83. The molecule has 0 bridgehead atoms. The number of aliphatic hydroxyl groups excluding tert-OH is 1. The number of aliphatic hydroxyl groups is 1. The van der Waals surface area contributed by atoms with Crippen molar-refractivity contribution in [2.75, 3.05) is 32.6 Å². The molecule has 1 atom stereocenters. The highest BCUT2D eigenvalue weighted by Gasteiger charge is 2.34. The number of ether oxygens (including phenoxy) is 2. The number of anilines is 1. The Bertz CT molecular complexity index is 1870. The molecule has 0 aliphatic carbocycles. The molecule has 3 aromatic carbocycles. The van der Waals surface area contributed by atoms with Crippen LogP contribution in [0, 0.1) is 13.8 Å². The Hall–Kier alpha value is -5.00. The highest BCUT2D eigenvalue weighted by molar-refractivity contribution is 6.04. The second-order valence-corrected chi connectivity index (χ2v) is 11.6. The summed E-state index contributed by atoms with van der Waals surface area (Å²) in [6.07, 6.45) is 0.597. The zero-order chi connectivity index (χ0) is 34.6. The number of carbonyl (C=O) groups excluding carboxylic acids is 2. The summed E-state index contributed by atoms with van der Waals surface area (Å²) >= 11 is 0. The standard InChI is InChI=1S/C37H36F3N3O5/c1-22-24(11-12-25-16-34(47-3)26(21-44)15-31(25)37(38,39)40)7-5-8-29(22)30-9-6-10-32(23(30)2)42-36(46)33-17-35(48-4)27(18-41-33)19-43-14-13-28(45)20-43/h5-12,15-18,21,28,45H,13-14,19-20H2,1-4H3,(H,42,46)/b12-11+/t28-/m1/s1. The van der Waals surface area contributed by atoms with Crippen LogP contribution < -0.4 is 14.8 Å². The minimum atomic E-state index is -4.68. The molecule has 250 valence electrons. The van der Waals surface area contributed by atoms with E-state index in [0.717, 1.165) is 40.4 Å². The molecule has 1 amide bonds. The number of hydrogen-bond donors (Lipinski definition) is 2. The predicted octanol–water partition coefficient (Wildman–Crippen LogP) is 7.20. The Morgan fingerprint density at radius 2 is 1.67 bits per heavy atom. The number of carbonyl (C=O) groups is 2. The van der Waals surface area contributed by atoms with Crippen molar-refractivity contribution in [2.45, 2.75) is 39.1 Å². The van der Waals surface area contributed by atoms with E-state index < -0.39 is 17.6 Å². The summed E-state index contributed by atoms with van der Waals surface area (Å²) in [6.45, 7) is 5.65. The number of nitrogens with zero attached hydrogens (tertiary/aromatic N) is 2. The lowest BCUT2D eigenvalue weighted by molar-refractivity contribution is -0.137. The number of aromatic nitrogens is 1. The van der Waals surface area contributed by atoms with Crippen LogP contribution in [-0.4, -0.2) is 60.6 Å². The highest BCUT2D eigenvalue weighted by atomic mass is 19.4. The van der Waals surface area contributed by atoms with Gasteiger partial charge in [0.25, 0.3) is 5.91 Å². The zero-order valence-corrected chi connectivity index (χ0v) is 27.0. The molecule has 1 aliphatic rings. The van der Waals surface area contributed by atoms with Crippen LogP contribution >= 0.6 is 0 Å². The Balaban J connectivity index is 1.40. The third-order valence-electron chi connectivity index (χ3n) is 8.56. The number of amides is 1. The van der Waals surface area contributed by atoms with Gasteiger partial charge in [0.1, 0.15) is 17.2 Å². The molecular weight excluding hydrogens is 623 g/mol. The molecule has 1 aliphatic heterocycles. The van der Waals surface area contributed by atoms with Crippen LogP contribution in [0.5, 0.6) is 11.5 Å². The van der Waals surface area contributed by atoms with Crippen molar-refractivity contribution in [2.24, 2.45) is 0 Å². The molecule has 8 nitrogen and oxygen atoms in total. The molecule has 1 aromatic heterocycles. The maximum Gasteiger partial charge on any atom is 0.417 e. The molecule has 0 spiro atoms. The third kappa shape index (κ3) is 7.42. The number of methoxy groups -OCH3 is 2. The van der Waals surface area contributed by atoms with E-state index in [1.807, 2.05) is 38.1 Å². The maximum atomic E-state index is 13.9. The molecule has 0 radical (unpaired) electrons. The lowest BCUT2D eigenvalue weighted by Gasteiger charge is -2.18. The smallest absolute Gasteiger partial charge is 0.417 e. The average Bonchev–Trinajstić information content (AvgIpc) is 3.48. The molecule has 2 N–H and O–H groups in total. The van der Waals surface area contributed by atoms with E-state index in [2.05, 4.69) is 15.2 Å². The number of hydrogen-bond acceptors (Lipinski definition) is 7. The minimum absolute atomic E-state index is 0.0463. The van der Waals surface area contributed by atoms with E-state index in [4.69, 9.17) is 9.47 Å². The number of halogens is 3. The quantitative estimate of drug-likeness (QED) is 0.137. The molecule has 4 aromatic rings. The van der Waals surface area contributed by atoms with Gasteiger partial charge in [-0.15, -0.1) is 0 Å². The largest absolute Gasteiger partial charge is 0.496 e. The fourth-order valence-electron chi connectivity index (χ4n) is 5.91. The molecule has 1 saturated heterocycles. The number of pyridine rings is 1. The summed E-state index contributed by atoms with van der Waals surface area (Å²) in [5.41, 5.74) is 4.28. The van der Waals surface area contributed by atoms with Gasteiger partial charge in [0, 0.05) is 43.1 Å². The molecule has 1 fully saturated rings. The lowest BCUT2D eigenvalue weighted by atomic mass is 9.92. The van der Waals surface area contributed by atoms with Crippen molar-refractivity contribution >= 4 is 30.0 Å². The Morgan fingerprint density at radius 3 is 2.31 bits per heavy atom. The van der Waals surface area contributed by atoms with Crippen LogP contribution in [0.4, 0.5) is 18.9 Å². The molecule has 5 rings (SSSR count). The minimum Gasteiger partial charge on any atom is -0.496 e. The van der Waals surface area contributed by atoms with Gasteiger partial charge < -0.3 is 19.9 Å². The zero-order valence-electron chi connectivity index (χ0n) is 27.0. The van der Waals surface area contributed by atoms with Crippen molar-refractivity contribution in [1.29, 1.82) is 0 Å². The first-order chi connectivity index (χ1) is 22.9. The second-order valence-electron chi connectivity index (χ2n) is 11.6. The van der Waals surface area contributed by atoms with Gasteiger partial charge in [0.2, 0.25) is 0 Å². The van der Waals surface area contributed by atoms with E-state index in [0.29, 0.717) is 42.8 Å². The lowest BCUT2D eigenvalue weighted by Crippen LogP contribution is -2.22. The van der Waals surface area contributed by atoms with Gasteiger partial charge in [-0.2, -0.15) is 13.2 Å². The first-order valence-electron chi connectivity index (χ1n) is 15.3. The van der Waals surface area contributed by atoms with E-state index in [1.165, 1.54) is 26.4 Å². The normalized spacial score (nSPS) is 15.1. The topological polar surface area (TPSA) is 101 Å². The number of aldehydes is 1. The fraction of sp³-hybridized carbons (Fsp3) is 0.270. The molecule has 11 heteroatoms. The summed E-state index contributed by atoms with van der Waals surface area (Å²) < 4.78 is 52.3. The van der Waals surface area contributed by atoms with Gasteiger partial charge in [-0.25, -0.2) is 0 Å². The van der Waals surface area contributed by atoms with Crippen LogP contribution in [0.2, 0.25) is 0 Å². The third-order valence-corrected chi connectivity index (χ3v) is 8.56. The van der Waals surface area contributed by atoms with Crippen molar-refractivity contribution in [3.8, 4) is 22.6 Å². The van der Waals surface area contributed by atoms with Gasteiger partial charge >= 0.3 is 6.18 Å². The number of rotatable bonds is 10. The van der Waals surface area contributed by atoms with Gasteiger partial charge in [0.15, 0.2) is 6.29 Å². The van der Waals surface area contributed by atoms with Crippen molar-refractivity contribution in [3.05, 3.63) is 105 Å². The molecule has 0 saturated carbocycles. The summed E-state index contributed by atoms with van der Waals surface area (Å²) in [5.74, 6) is 0.162. The van der Waals surface area contributed by atoms with Gasteiger partial charge in [-0.3, -0.25) is 19.5 Å². The van der Waals surface area contributed by atoms with E-state index in [1.54, 1.807) is 30.5 Å². The van der Waals surface area contributed by atoms with Crippen LogP contribution in [-0.2, 0) is 12.7 Å². The van der Waals surface area contributed by atoms with Crippen molar-refractivity contribution in [1.82, 2.24) is 9.88 Å². The number of β-amino-alcohol motifs (C(OH)–C–C–N with tert-alkyl or cyclic N) is 1. The highest BCUT2D eigenvalue weighted by Crippen LogP contribution is 2.37. The Labute approximate surface area is 276 Å². The number of alkyl halides is 3. The summed E-state index contributed by atoms with van der Waals surface area (Å²) in [6, 6.07) is 14.6. The maximum absolute atomic E-state index is 13.9. The predicted molar refractivity (Wildman–Crippen MR) is 178 cm³/mol. The Kier molecular flexibility index (Phi) is 10.3. The number of benzene rings is 3. The number of likely N-dealkylation sites (tertiary alicyclic amines) is 1. The van der Waals surface area contributed by atoms with E-state index in [9.17, 15) is 27.9 Å². The van der Waals surface area contributed by atoms with Crippen LogP contribution in [0.1, 0.15) is 60.6 Å². The van der Waals surface area contributed by atoms with Gasteiger partial charge in [0.05, 0.1) is 31.5 Å². The summed E-state index contributed by atoms with van der Waals surface area (Å²) in [4.78, 5) is 31.2. The summed E-state index contributed by atoms with van der Waals surface area (Å²) in [5, 5.41) is 12.8. The molecule has 48 heavy (non-hydrogen) atoms. The first kappa shape index (κ1) is 34.3. The van der Waals surface area contributed by atoms with Crippen LogP contribution in [0.3, 0.4) is 0 Å². The first-order valence-corrected chi connectivity index (χ1v) is 15.3. The van der Waals surface area contributed by atoms with Crippen molar-refractivity contribution in [3.63, 3.8) is 0 Å². The van der Waals surface area contributed by atoms with Crippen LogP contribution in [0.25, 0.3) is 23.3 Å². The van der Waals surface area contributed by atoms with E-state index in [-0.39, 0.29) is 28.7 Å². The fourth-order valence-corrected chi connectivity index (χ4v) is 5.91. The monoisotopic (exact) mass is 659 g/mol. The van der Waals surface area contributed by atoms with Crippen LogP contribution in [0.15, 0.2) is 60.8 Å². The molecule has 0 unspecified atom stereocenters.